The zero-order valence-electron chi connectivity index (χ0n) is 9.05. The Morgan fingerprint density at radius 1 is 1.25 bits per heavy atom. The van der Waals surface area contributed by atoms with Crippen LogP contribution in [0.3, 0.4) is 0 Å². The molecule has 88 valence electrons. The molecule has 0 amide bonds. The quantitative estimate of drug-likeness (QED) is 0.810. The molecule has 2 heterocycles. The first-order valence-electron chi connectivity index (χ1n) is 5.58. The second-order valence-electron chi connectivity index (χ2n) is 4.01. The van der Waals surface area contributed by atoms with E-state index in [-0.39, 0.29) is 5.15 Å². The Morgan fingerprint density at radius 3 is 2.56 bits per heavy atom. The van der Waals surface area contributed by atoms with E-state index in [2.05, 4.69) is 15.4 Å². The number of nitrogens with zero attached hydrogens (tertiary/aromatic N) is 2. The van der Waals surface area contributed by atoms with Gasteiger partial charge in [0.1, 0.15) is 0 Å². The summed E-state index contributed by atoms with van der Waals surface area (Å²) in [6.45, 7) is 1.98. The fourth-order valence-electron chi connectivity index (χ4n) is 1.85. The second-order valence-corrected chi connectivity index (χ2v) is 4.37. The summed E-state index contributed by atoms with van der Waals surface area (Å²) in [6, 6.07) is 1.38. The van der Waals surface area contributed by atoms with Gasteiger partial charge in [-0.3, -0.25) is 0 Å². The van der Waals surface area contributed by atoms with Gasteiger partial charge in [0.15, 0.2) is 11.0 Å². The SMILES string of the molecule is Fc1cc(NN2CCCCCC2)cnc1Cl. The van der Waals surface area contributed by atoms with Crippen molar-refractivity contribution in [3.8, 4) is 0 Å². The van der Waals surface area contributed by atoms with E-state index in [1.807, 2.05) is 0 Å². The number of anilines is 1. The Balaban J connectivity index is 1.99. The van der Waals surface area contributed by atoms with Crippen LogP contribution in [0.1, 0.15) is 25.7 Å². The van der Waals surface area contributed by atoms with Gasteiger partial charge in [0.05, 0.1) is 11.9 Å². The van der Waals surface area contributed by atoms with Crippen LogP contribution in [-0.2, 0) is 0 Å². The molecule has 16 heavy (non-hydrogen) atoms. The summed E-state index contributed by atoms with van der Waals surface area (Å²) in [6.07, 6.45) is 6.44. The number of nitrogens with one attached hydrogen (secondary N) is 1. The summed E-state index contributed by atoms with van der Waals surface area (Å²) >= 11 is 5.52. The molecule has 1 aromatic heterocycles. The summed E-state index contributed by atoms with van der Waals surface area (Å²) in [5.41, 5.74) is 3.82. The van der Waals surface area contributed by atoms with E-state index in [1.54, 1.807) is 6.20 Å². The third-order valence-corrected chi connectivity index (χ3v) is 2.97. The smallest absolute Gasteiger partial charge is 0.164 e. The van der Waals surface area contributed by atoms with Crippen molar-refractivity contribution in [3.63, 3.8) is 0 Å². The maximum atomic E-state index is 13.2. The fourth-order valence-corrected chi connectivity index (χ4v) is 1.95. The molecule has 2 rings (SSSR count). The minimum atomic E-state index is -0.485. The number of hydrazine groups is 1. The Labute approximate surface area is 99.6 Å². The molecule has 1 N–H and O–H groups in total. The van der Waals surface area contributed by atoms with Crippen molar-refractivity contribution in [2.75, 3.05) is 18.5 Å². The largest absolute Gasteiger partial charge is 0.317 e. The summed E-state index contributed by atoms with van der Waals surface area (Å²) in [5.74, 6) is -0.485. The van der Waals surface area contributed by atoms with E-state index in [0.29, 0.717) is 5.69 Å². The van der Waals surface area contributed by atoms with E-state index in [1.165, 1.54) is 31.7 Å². The van der Waals surface area contributed by atoms with Gasteiger partial charge in [-0.15, -0.1) is 0 Å². The molecule has 1 fully saturated rings. The monoisotopic (exact) mass is 243 g/mol. The number of hydrogen-bond donors (Lipinski definition) is 1. The second kappa shape index (κ2) is 5.46. The number of pyridine rings is 1. The molecule has 0 atom stereocenters. The molecule has 0 bridgehead atoms. The summed E-state index contributed by atoms with van der Waals surface area (Å²) < 4.78 is 13.2. The maximum absolute atomic E-state index is 13.2. The highest BCUT2D eigenvalue weighted by molar-refractivity contribution is 6.29. The summed E-state index contributed by atoms with van der Waals surface area (Å²) in [5, 5.41) is 2.03. The molecule has 0 aliphatic carbocycles. The lowest BCUT2D eigenvalue weighted by Crippen LogP contribution is -2.30. The third kappa shape index (κ3) is 3.06. The average Bonchev–Trinajstić information content (AvgIpc) is 2.52. The summed E-state index contributed by atoms with van der Waals surface area (Å²) in [4.78, 5) is 3.77. The minimum absolute atomic E-state index is 0.0820. The molecule has 0 saturated carbocycles. The molecule has 0 aromatic carbocycles. The van der Waals surface area contributed by atoms with Crippen LogP contribution in [0.5, 0.6) is 0 Å². The summed E-state index contributed by atoms with van der Waals surface area (Å²) in [7, 11) is 0. The van der Waals surface area contributed by atoms with Gasteiger partial charge in [0, 0.05) is 19.2 Å². The van der Waals surface area contributed by atoms with Crippen LogP contribution < -0.4 is 5.43 Å². The lowest BCUT2D eigenvalue weighted by molar-refractivity contribution is 0.343. The van der Waals surface area contributed by atoms with E-state index >= 15 is 0 Å². The van der Waals surface area contributed by atoms with Gasteiger partial charge in [-0.1, -0.05) is 24.4 Å². The molecule has 1 aliphatic rings. The van der Waals surface area contributed by atoms with E-state index in [0.717, 1.165) is 13.1 Å². The van der Waals surface area contributed by atoms with Crippen molar-refractivity contribution in [1.29, 1.82) is 0 Å². The van der Waals surface area contributed by atoms with Gasteiger partial charge >= 0.3 is 0 Å². The normalized spacial score (nSPS) is 18.1. The molecular formula is C11H15ClFN3. The highest BCUT2D eigenvalue weighted by atomic mass is 35.5. The van der Waals surface area contributed by atoms with Crippen molar-refractivity contribution in [3.05, 3.63) is 23.2 Å². The molecule has 0 spiro atoms. The first kappa shape index (κ1) is 11.6. The van der Waals surface area contributed by atoms with Crippen molar-refractivity contribution in [1.82, 2.24) is 9.99 Å². The first-order valence-corrected chi connectivity index (χ1v) is 5.96. The molecule has 5 heteroatoms. The standard InChI is InChI=1S/C11H15ClFN3/c12-11-10(13)7-9(8-14-11)15-16-5-3-1-2-4-6-16/h7-8,15H,1-6H2. The lowest BCUT2D eigenvalue weighted by Gasteiger charge is -2.21. The predicted molar refractivity (Wildman–Crippen MR) is 62.9 cm³/mol. The zero-order valence-corrected chi connectivity index (χ0v) is 9.80. The average molecular weight is 244 g/mol. The maximum Gasteiger partial charge on any atom is 0.164 e. The molecule has 1 aliphatic heterocycles. The van der Waals surface area contributed by atoms with Gasteiger partial charge < -0.3 is 5.43 Å². The molecule has 0 radical (unpaired) electrons. The van der Waals surface area contributed by atoms with Crippen molar-refractivity contribution in [2.45, 2.75) is 25.7 Å². The Kier molecular flexibility index (Phi) is 3.96. The van der Waals surface area contributed by atoms with Crippen LogP contribution in [0.25, 0.3) is 0 Å². The number of rotatable bonds is 2. The van der Waals surface area contributed by atoms with Crippen LogP contribution in [0.15, 0.2) is 12.3 Å². The fraction of sp³-hybridized carbons (Fsp3) is 0.545. The Bertz CT molecular complexity index is 351. The third-order valence-electron chi connectivity index (χ3n) is 2.69. The zero-order chi connectivity index (χ0) is 11.4. The van der Waals surface area contributed by atoms with E-state index in [4.69, 9.17) is 11.6 Å². The molecular weight excluding hydrogens is 229 g/mol. The number of halogens is 2. The Hall–Kier alpha value is -0.870. The van der Waals surface area contributed by atoms with Crippen molar-refractivity contribution < 1.29 is 4.39 Å². The van der Waals surface area contributed by atoms with Gasteiger partial charge in [-0.05, 0) is 12.8 Å². The number of aromatic nitrogens is 1. The van der Waals surface area contributed by atoms with Gasteiger partial charge in [0.2, 0.25) is 0 Å². The van der Waals surface area contributed by atoms with Crippen molar-refractivity contribution in [2.24, 2.45) is 0 Å². The molecule has 0 unspecified atom stereocenters. The van der Waals surface area contributed by atoms with Crippen LogP contribution >= 0.6 is 11.6 Å². The predicted octanol–water partition coefficient (Wildman–Crippen LogP) is 3.08. The number of hydrogen-bond acceptors (Lipinski definition) is 3. The van der Waals surface area contributed by atoms with Crippen molar-refractivity contribution >= 4 is 17.3 Å². The first-order chi connectivity index (χ1) is 7.75. The molecule has 1 saturated heterocycles. The molecule has 1 aromatic rings. The minimum Gasteiger partial charge on any atom is -0.317 e. The van der Waals surface area contributed by atoms with E-state index < -0.39 is 5.82 Å². The van der Waals surface area contributed by atoms with Crippen LogP contribution in [-0.4, -0.2) is 23.1 Å². The molecule has 3 nitrogen and oxygen atoms in total. The lowest BCUT2D eigenvalue weighted by atomic mass is 10.2. The van der Waals surface area contributed by atoms with Gasteiger partial charge in [0.25, 0.3) is 0 Å². The highest BCUT2D eigenvalue weighted by Crippen LogP contribution is 2.17. The van der Waals surface area contributed by atoms with Crippen LogP contribution in [0.2, 0.25) is 5.15 Å². The van der Waals surface area contributed by atoms with Gasteiger partial charge in [-0.25, -0.2) is 14.4 Å². The van der Waals surface area contributed by atoms with Gasteiger partial charge in [-0.2, -0.15) is 0 Å². The topological polar surface area (TPSA) is 28.2 Å². The van der Waals surface area contributed by atoms with Crippen LogP contribution in [0.4, 0.5) is 10.1 Å². The highest BCUT2D eigenvalue weighted by Gasteiger charge is 2.09. The van der Waals surface area contributed by atoms with Crippen LogP contribution in [0, 0.1) is 5.82 Å². The Morgan fingerprint density at radius 2 is 1.94 bits per heavy atom. The van der Waals surface area contributed by atoms with E-state index in [9.17, 15) is 4.39 Å².